The molecule has 2 aromatic rings. The maximum Gasteiger partial charge on any atom is 0.251 e. The van der Waals surface area contributed by atoms with Gasteiger partial charge in [-0.2, -0.15) is 0 Å². The van der Waals surface area contributed by atoms with Crippen LogP contribution >= 0.6 is 11.3 Å². The standard InChI is InChI=1S/C19H27N5OS/c1-4-16-13-23-17(26-16)10-11-22-19(21-5-2)24-12-14-6-8-15(9-7-14)18(25)20-3/h6-9,13H,4-5,10-12H2,1-3H3,(H,20,25)(H2,21,22,24). The van der Waals surface area contributed by atoms with Crippen molar-refractivity contribution in [3.63, 3.8) is 0 Å². The molecular weight excluding hydrogens is 346 g/mol. The highest BCUT2D eigenvalue weighted by Gasteiger charge is 2.04. The van der Waals surface area contributed by atoms with Crippen molar-refractivity contribution in [2.75, 3.05) is 20.1 Å². The molecule has 7 heteroatoms. The van der Waals surface area contributed by atoms with Crippen LogP contribution in [0.15, 0.2) is 35.5 Å². The van der Waals surface area contributed by atoms with Gasteiger partial charge in [-0.25, -0.2) is 9.98 Å². The van der Waals surface area contributed by atoms with Crippen LogP contribution in [0, 0.1) is 0 Å². The Labute approximate surface area is 159 Å². The van der Waals surface area contributed by atoms with E-state index in [0.29, 0.717) is 12.1 Å². The van der Waals surface area contributed by atoms with Crippen LogP contribution in [0.2, 0.25) is 0 Å². The summed E-state index contributed by atoms with van der Waals surface area (Å²) in [5.41, 5.74) is 1.71. The van der Waals surface area contributed by atoms with Gasteiger partial charge in [0.05, 0.1) is 11.6 Å². The van der Waals surface area contributed by atoms with Crippen LogP contribution in [0.4, 0.5) is 0 Å². The molecule has 2 rings (SSSR count). The summed E-state index contributed by atoms with van der Waals surface area (Å²) < 4.78 is 0. The lowest BCUT2D eigenvalue weighted by Gasteiger charge is -2.10. The topological polar surface area (TPSA) is 78.4 Å². The molecule has 6 nitrogen and oxygen atoms in total. The van der Waals surface area contributed by atoms with E-state index in [0.717, 1.165) is 42.5 Å². The van der Waals surface area contributed by atoms with E-state index in [1.54, 1.807) is 18.4 Å². The monoisotopic (exact) mass is 373 g/mol. The molecule has 0 fully saturated rings. The van der Waals surface area contributed by atoms with E-state index in [9.17, 15) is 4.79 Å². The van der Waals surface area contributed by atoms with Crippen molar-refractivity contribution in [2.45, 2.75) is 33.2 Å². The maximum absolute atomic E-state index is 11.6. The quantitative estimate of drug-likeness (QED) is 0.490. The molecular formula is C19H27N5OS. The summed E-state index contributed by atoms with van der Waals surface area (Å²) in [6.07, 6.45) is 3.88. The largest absolute Gasteiger partial charge is 0.357 e. The number of rotatable bonds is 8. The van der Waals surface area contributed by atoms with Crippen LogP contribution in [0.5, 0.6) is 0 Å². The van der Waals surface area contributed by atoms with Gasteiger partial charge < -0.3 is 16.0 Å². The summed E-state index contributed by atoms with van der Waals surface area (Å²) in [6, 6.07) is 7.49. The first kappa shape index (κ1) is 19.9. The lowest BCUT2D eigenvalue weighted by Crippen LogP contribution is -2.38. The summed E-state index contributed by atoms with van der Waals surface area (Å²) in [5, 5.41) is 10.4. The zero-order valence-electron chi connectivity index (χ0n) is 15.6. The normalized spacial score (nSPS) is 11.3. The Bertz CT molecular complexity index is 724. The molecule has 140 valence electrons. The van der Waals surface area contributed by atoms with E-state index in [4.69, 9.17) is 0 Å². The molecule has 0 saturated heterocycles. The van der Waals surface area contributed by atoms with E-state index < -0.39 is 0 Å². The molecule has 26 heavy (non-hydrogen) atoms. The first-order valence-corrected chi connectivity index (χ1v) is 9.74. The number of aryl methyl sites for hydroxylation is 1. The Hall–Kier alpha value is -2.41. The molecule has 0 saturated carbocycles. The molecule has 1 amide bonds. The number of nitrogens with zero attached hydrogens (tertiary/aromatic N) is 2. The smallest absolute Gasteiger partial charge is 0.251 e. The first-order chi connectivity index (χ1) is 12.7. The number of thiazole rings is 1. The predicted molar refractivity (Wildman–Crippen MR) is 108 cm³/mol. The van der Waals surface area contributed by atoms with Crippen LogP contribution in [-0.4, -0.2) is 37.0 Å². The van der Waals surface area contributed by atoms with Crippen LogP contribution in [0.1, 0.15) is 39.7 Å². The van der Waals surface area contributed by atoms with Crippen LogP contribution < -0.4 is 16.0 Å². The summed E-state index contributed by atoms with van der Waals surface area (Å²) in [6.45, 7) is 6.34. The van der Waals surface area contributed by atoms with Gasteiger partial charge in [0.1, 0.15) is 0 Å². The number of hydrogen-bond donors (Lipinski definition) is 3. The van der Waals surface area contributed by atoms with Crippen molar-refractivity contribution in [2.24, 2.45) is 4.99 Å². The van der Waals surface area contributed by atoms with E-state index in [1.165, 1.54) is 4.88 Å². The minimum Gasteiger partial charge on any atom is -0.357 e. The van der Waals surface area contributed by atoms with Crippen molar-refractivity contribution in [3.05, 3.63) is 51.5 Å². The third-order valence-corrected chi connectivity index (χ3v) is 4.99. The molecule has 0 bridgehead atoms. The lowest BCUT2D eigenvalue weighted by atomic mass is 10.1. The number of carbonyl (C=O) groups is 1. The van der Waals surface area contributed by atoms with E-state index >= 15 is 0 Å². The van der Waals surface area contributed by atoms with Crippen molar-refractivity contribution in [1.82, 2.24) is 20.9 Å². The second kappa shape index (κ2) is 10.6. The Morgan fingerprint density at radius 3 is 2.58 bits per heavy atom. The Kier molecular flexibility index (Phi) is 8.08. The van der Waals surface area contributed by atoms with E-state index in [-0.39, 0.29) is 5.91 Å². The number of aromatic nitrogens is 1. The molecule has 0 aliphatic carbocycles. The molecule has 1 heterocycles. The van der Waals surface area contributed by atoms with Crippen molar-refractivity contribution in [1.29, 1.82) is 0 Å². The fourth-order valence-electron chi connectivity index (χ4n) is 2.33. The fourth-order valence-corrected chi connectivity index (χ4v) is 3.19. The number of aliphatic imine (C=N–C) groups is 1. The number of carbonyl (C=O) groups excluding carboxylic acids is 1. The van der Waals surface area contributed by atoms with Gasteiger partial charge in [-0.1, -0.05) is 19.1 Å². The second-order valence-corrected chi connectivity index (χ2v) is 6.92. The SMILES string of the molecule is CCNC(=NCc1ccc(C(=O)NC)cc1)NCCc1ncc(CC)s1. The number of nitrogens with one attached hydrogen (secondary N) is 3. The number of guanidine groups is 1. The molecule has 0 aliphatic rings. The summed E-state index contributed by atoms with van der Waals surface area (Å²) in [5.74, 6) is 0.707. The van der Waals surface area contributed by atoms with Gasteiger partial charge in [-0.15, -0.1) is 11.3 Å². The highest BCUT2D eigenvalue weighted by Crippen LogP contribution is 2.13. The summed E-state index contributed by atoms with van der Waals surface area (Å²) in [7, 11) is 1.63. The second-order valence-electron chi connectivity index (χ2n) is 5.72. The zero-order valence-corrected chi connectivity index (χ0v) is 16.4. The highest BCUT2D eigenvalue weighted by molar-refractivity contribution is 7.11. The molecule has 1 aromatic heterocycles. The van der Waals surface area contributed by atoms with Gasteiger partial charge in [-0.05, 0) is 31.0 Å². The molecule has 0 radical (unpaired) electrons. The van der Waals surface area contributed by atoms with Crippen molar-refractivity contribution >= 4 is 23.2 Å². The van der Waals surface area contributed by atoms with Gasteiger partial charge >= 0.3 is 0 Å². The minimum atomic E-state index is -0.0801. The number of benzene rings is 1. The van der Waals surface area contributed by atoms with Crippen LogP contribution in [0.3, 0.4) is 0 Å². The van der Waals surface area contributed by atoms with Gasteiger partial charge in [0.15, 0.2) is 5.96 Å². The van der Waals surface area contributed by atoms with Gasteiger partial charge in [0.2, 0.25) is 0 Å². The average Bonchev–Trinajstić information content (AvgIpc) is 3.14. The summed E-state index contributed by atoms with van der Waals surface area (Å²) in [4.78, 5) is 21.9. The van der Waals surface area contributed by atoms with Crippen molar-refractivity contribution in [3.8, 4) is 0 Å². The Morgan fingerprint density at radius 2 is 1.96 bits per heavy atom. The minimum absolute atomic E-state index is 0.0801. The van der Waals surface area contributed by atoms with E-state index in [2.05, 4.69) is 32.9 Å². The van der Waals surface area contributed by atoms with Crippen molar-refractivity contribution < 1.29 is 4.79 Å². The summed E-state index contributed by atoms with van der Waals surface area (Å²) >= 11 is 1.77. The highest BCUT2D eigenvalue weighted by atomic mass is 32.1. The van der Waals surface area contributed by atoms with Gasteiger partial charge in [0.25, 0.3) is 5.91 Å². The molecule has 0 unspecified atom stereocenters. The Balaban J connectivity index is 1.87. The third-order valence-electron chi connectivity index (χ3n) is 3.79. The average molecular weight is 374 g/mol. The molecule has 1 aromatic carbocycles. The molecule has 0 spiro atoms. The third kappa shape index (κ3) is 6.15. The van der Waals surface area contributed by atoms with E-state index in [1.807, 2.05) is 37.4 Å². The Morgan fingerprint density at radius 1 is 1.19 bits per heavy atom. The number of hydrogen-bond acceptors (Lipinski definition) is 4. The number of amides is 1. The fraction of sp³-hybridized carbons (Fsp3) is 0.421. The molecule has 3 N–H and O–H groups in total. The maximum atomic E-state index is 11.6. The first-order valence-electron chi connectivity index (χ1n) is 8.93. The molecule has 0 atom stereocenters. The van der Waals surface area contributed by atoms with Crippen LogP contribution in [0.25, 0.3) is 0 Å². The van der Waals surface area contributed by atoms with Gasteiger partial charge in [-0.3, -0.25) is 4.79 Å². The predicted octanol–water partition coefficient (Wildman–Crippen LogP) is 2.36. The lowest BCUT2D eigenvalue weighted by molar-refractivity contribution is 0.0963. The van der Waals surface area contributed by atoms with Crippen LogP contribution in [-0.2, 0) is 19.4 Å². The zero-order chi connectivity index (χ0) is 18.8. The van der Waals surface area contributed by atoms with Gasteiger partial charge in [0, 0.05) is 43.2 Å². The molecule has 0 aliphatic heterocycles.